The number of methoxy groups -OCH3 is 1. The van der Waals surface area contributed by atoms with Crippen molar-refractivity contribution >= 4 is 11.6 Å². The number of hydrogen-bond donors (Lipinski definition) is 0. The molecule has 8 nitrogen and oxygen atoms in total. The Morgan fingerprint density at radius 1 is 1.03 bits per heavy atom. The van der Waals surface area contributed by atoms with Gasteiger partial charge in [0.25, 0.3) is 0 Å². The molecular formula is C27H33N5O3. The second-order valence-corrected chi connectivity index (χ2v) is 9.46. The minimum atomic E-state index is 0.0239. The lowest BCUT2D eigenvalue weighted by Crippen LogP contribution is -2.52. The molecule has 35 heavy (non-hydrogen) atoms. The van der Waals surface area contributed by atoms with Crippen LogP contribution in [-0.4, -0.2) is 72.2 Å². The first-order valence-electron chi connectivity index (χ1n) is 12.4. The summed E-state index contributed by atoms with van der Waals surface area (Å²) in [5.41, 5.74) is 3.32. The van der Waals surface area contributed by atoms with Crippen molar-refractivity contribution in [1.82, 2.24) is 19.9 Å². The number of ether oxygens (including phenoxy) is 1. The van der Waals surface area contributed by atoms with Crippen LogP contribution in [-0.2, 0) is 11.3 Å². The van der Waals surface area contributed by atoms with Crippen molar-refractivity contribution < 1.29 is 14.1 Å². The van der Waals surface area contributed by atoms with Gasteiger partial charge in [-0.15, -0.1) is 0 Å². The van der Waals surface area contributed by atoms with E-state index in [0.29, 0.717) is 18.3 Å². The number of aryl methyl sites for hydroxylation is 1. The maximum atomic E-state index is 13.3. The highest BCUT2D eigenvalue weighted by atomic mass is 16.5. The Labute approximate surface area is 206 Å². The van der Waals surface area contributed by atoms with Gasteiger partial charge >= 0.3 is 0 Å². The summed E-state index contributed by atoms with van der Waals surface area (Å²) in [4.78, 5) is 24.5. The number of piperazine rings is 1. The van der Waals surface area contributed by atoms with Crippen LogP contribution in [0.25, 0.3) is 11.4 Å². The fourth-order valence-electron chi connectivity index (χ4n) is 4.97. The number of piperidine rings is 1. The minimum absolute atomic E-state index is 0.0239. The molecule has 184 valence electrons. The van der Waals surface area contributed by atoms with Crippen molar-refractivity contribution in [3.63, 3.8) is 0 Å². The van der Waals surface area contributed by atoms with Gasteiger partial charge in [-0.25, -0.2) is 0 Å². The van der Waals surface area contributed by atoms with Crippen molar-refractivity contribution in [1.29, 1.82) is 0 Å². The molecular weight excluding hydrogens is 442 g/mol. The van der Waals surface area contributed by atoms with Crippen LogP contribution in [0.15, 0.2) is 53.1 Å². The van der Waals surface area contributed by atoms with Gasteiger partial charge in [0.1, 0.15) is 5.75 Å². The summed E-state index contributed by atoms with van der Waals surface area (Å²) in [7, 11) is 1.68. The molecule has 0 spiro atoms. The standard InChI is InChI=1S/C27H33N5O3/c1-20-5-7-21(8-6-20)26-28-25(35-29-26)19-30-13-3-4-22(18-30)27(33)32-16-14-31(15-17-32)23-9-11-24(34-2)12-10-23/h5-12,22H,3-4,13-19H2,1-2H3. The molecule has 1 atom stereocenters. The Hall–Kier alpha value is -3.39. The van der Waals surface area contributed by atoms with Gasteiger partial charge in [-0.1, -0.05) is 35.0 Å². The molecule has 2 fully saturated rings. The Bertz CT molecular complexity index is 1120. The Morgan fingerprint density at radius 2 is 1.77 bits per heavy atom. The number of benzene rings is 2. The Balaban J connectivity index is 1.14. The summed E-state index contributed by atoms with van der Waals surface area (Å²) in [6.07, 6.45) is 1.94. The Morgan fingerprint density at radius 3 is 2.49 bits per heavy atom. The first-order chi connectivity index (χ1) is 17.1. The summed E-state index contributed by atoms with van der Waals surface area (Å²) in [5, 5.41) is 4.15. The zero-order valence-corrected chi connectivity index (χ0v) is 20.5. The summed E-state index contributed by atoms with van der Waals surface area (Å²) in [5.74, 6) is 2.36. The largest absolute Gasteiger partial charge is 0.497 e. The molecule has 0 N–H and O–H groups in total. The number of amides is 1. The topological polar surface area (TPSA) is 74.9 Å². The second-order valence-electron chi connectivity index (χ2n) is 9.46. The second kappa shape index (κ2) is 10.5. The fourth-order valence-corrected chi connectivity index (χ4v) is 4.97. The highest BCUT2D eigenvalue weighted by Crippen LogP contribution is 2.24. The molecule has 0 saturated carbocycles. The van der Waals surface area contributed by atoms with E-state index in [-0.39, 0.29) is 11.8 Å². The van der Waals surface area contributed by atoms with Crippen LogP contribution in [0.2, 0.25) is 0 Å². The average Bonchev–Trinajstić information content (AvgIpc) is 3.37. The molecule has 3 heterocycles. The Kier molecular flexibility index (Phi) is 6.99. The van der Waals surface area contributed by atoms with Crippen molar-refractivity contribution in [2.24, 2.45) is 5.92 Å². The normalized spacial score (nSPS) is 19.1. The molecule has 3 aromatic rings. The van der Waals surface area contributed by atoms with E-state index in [4.69, 9.17) is 9.26 Å². The molecule has 0 aliphatic carbocycles. The molecule has 0 bridgehead atoms. The predicted octanol–water partition coefficient (Wildman–Crippen LogP) is 3.61. The molecule has 5 rings (SSSR count). The van der Waals surface area contributed by atoms with Crippen LogP contribution < -0.4 is 9.64 Å². The molecule has 2 aromatic carbocycles. The van der Waals surface area contributed by atoms with E-state index in [2.05, 4.69) is 39.0 Å². The van der Waals surface area contributed by atoms with E-state index in [1.165, 1.54) is 11.3 Å². The van der Waals surface area contributed by atoms with Gasteiger partial charge in [0.15, 0.2) is 0 Å². The van der Waals surface area contributed by atoms with Gasteiger partial charge in [0.2, 0.25) is 17.6 Å². The van der Waals surface area contributed by atoms with E-state index >= 15 is 0 Å². The lowest BCUT2D eigenvalue weighted by molar-refractivity contribution is -0.137. The fraction of sp³-hybridized carbons (Fsp3) is 0.444. The van der Waals surface area contributed by atoms with Gasteiger partial charge < -0.3 is 19.1 Å². The minimum Gasteiger partial charge on any atom is -0.497 e. The van der Waals surface area contributed by atoms with Crippen molar-refractivity contribution in [2.75, 3.05) is 51.3 Å². The molecule has 1 amide bonds. The number of anilines is 1. The molecule has 0 radical (unpaired) electrons. The number of hydrogen-bond acceptors (Lipinski definition) is 7. The summed E-state index contributed by atoms with van der Waals surface area (Å²) in [6, 6.07) is 16.2. The van der Waals surface area contributed by atoms with Crippen molar-refractivity contribution in [3.8, 4) is 17.1 Å². The molecule has 2 aliphatic rings. The van der Waals surface area contributed by atoms with Gasteiger partial charge in [0, 0.05) is 44.0 Å². The van der Waals surface area contributed by atoms with Crippen LogP contribution in [0.1, 0.15) is 24.3 Å². The SMILES string of the molecule is COc1ccc(N2CCN(C(=O)C3CCCN(Cc4nc(-c5ccc(C)cc5)no4)C3)CC2)cc1. The third-order valence-electron chi connectivity index (χ3n) is 7.02. The van der Waals surface area contributed by atoms with Crippen LogP contribution in [0, 0.1) is 12.8 Å². The van der Waals surface area contributed by atoms with Crippen LogP contribution >= 0.6 is 0 Å². The molecule has 1 unspecified atom stereocenters. The third-order valence-corrected chi connectivity index (χ3v) is 7.02. The predicted molar refractivity (Wildman–Crippen MR) is 134 cm³/mol. The summed E-state index contributed by atoms with van der Waals surface area (Å²) < 4.78 is 10.8. The van der Waals surface area contributed by atoms with Crippen molar-refractivity contribution in [3.05, 3.63) is 60.0 Å². The first-order valence-corrected chi connectivity index (χ1v) is 12.4. The van der Waals surface area contributed by atoms with Crippen LogP contribution in [0.4, 0.5) is 5.69 Å². The number of rotatable bonds is 6. The van der Waals surface area contributed by atoms with Gasteiger partial charge in [-0.3, -0.25) is 9.69 Å². The monoisotopic (exact) mass is 475 g/mol. The van der Waals surface area contributed by atoms with E-state index < -0.39 is 0 Å². The molecule has 2 aliphatic heterocycles. The highest BCUT2D eigenvalue weighted by Gasteiger charge is 2.31. The van der Waals surface area contributed by atoms with Crippen molar-refractivity contribution in [2.45, 2.75) is 26.3 Å². The smallest absolute Gasteiger partial charge is 0.241 e. The number of likely N-dealkylation sites (tertiary alicyclic amines) is 1. The zero-order chi connectivity index (χ0) is 24.2. The molecule has 8 heteroatoms. The van der Waals surface area contributed by atoms with E-state index in [0.717, 1.165) is 63.4 Å². The van der Waals surface area contributed by atoms with Gasteiger partial charge in [-0.2, -0.15) is 4.98 Å². The number of aromatic nitrogens is 2. The van der Waals surface area contributed by atoms with E-state index in [9.17, 15) is 4.79 Å². The zero-order valence-electron chi connectivity index (χ0n) is 20.5. The average molecular weight is 476 g/mol. The number of nitrogens with zero attached hydrogens (tertiary/aromatic N) is 5. The number of carbonyl (C=O) groups is 1. The number of carbonyl (C=O) groups excluding carboxylic acids is 1. The maximum Gasteiger partial charge on any atom is 0.241 e. The molecule has 1 aromatic heterocycles. The maximum absolute atomic E-state index is 13.3. The summed E-state index contributed by atoms with van der Waals surface area (Å²) >= 11 is 0. The molecule has 2 saturated heterocycles. The quantitative estimate of drug-likeness (QED) is 0.539. The van der Waals surface area contributed by atoms with Gasteiger partial charge in [0.05, 0.1) is 19.6 Å². The van der Waals surface area contributed by atoms with E-state index in [1.807, 2.05) is 41.3 Å². The highest BCUT2D eigenvalue weighted by molar-refractivity contribution is 5.79. The van der Waals surface area contributed by atoms with Gasteiger partial charge in [-0.05, 0) is 50.6 Å². The van der Waals surface area contributed by atoms with Crippen LogP contribution in [0.5, 0.6) is 5.75 Å². The van der Waals surface area contributed by atoms with E-state index in [1.54, 1.807) is 7.11 Å². The first kappa shape index (κ1) is 23.4. The third kappa shape index (κ3) is 5.48. The summed E-state index contributed by atoms with van der Waals surface area (Å²) in [6.45, 7) is 7.51. The lowest BCUT2D eigenvalue weighted by atomic mass is 9.96. The lowest BCUT2D eigenvalue weighted by Gasteiger charge is -2.39. The van der Waals surface area contributed by atoms with Crippen LogP contribution in [0.3, 0.4) is 0 Å².